The number of fused-ring (bicyclic) bond motifs is 2. The van der Waals surface area contributed by atoms with Gasteiger partial charge in [0.1, 0.15) is 5.82 Å². The molecule has 4 saturated heterocycles. The summed E-state index contributed by atoms with van der Waals surface area (Å²) in [6.45, 7) is 4.33. The SMILES string of the molecule is CN(C)C1CCN(C(=O)c2ccc(NC(=O)Nc3ccc(-c4nc(C5CCOCC5)nc(N5C6CCC5COC6)n4)cc3)cc2)CC1. The number of benzene rings is 2. The van der Waals surface area contributed by atoms with E-state index < -0.39 is 0 Å². The molecular formula is C35H44N8O4. The van der Waals surface area contributed by atoms with Crippen molar-refractivity contribution < 1.29 is 19.1 Å². The molecule has 2 bridgehead atoms. The van der Waals surface area contributed by atoms with E-state index in [-0.39, 0.29) is 17.9 Å². The number of likely N-dealkylation sites (tertiary alicyclic amines) is 1. The largest absolute Gasteiger partial charge is 0.381 e. The molecule has 4 aliphatic heterocycles. The van der Waals surface area contributed by atoms with Crippen molar-refractivity contribution in [3.8, 4) is 11.4 Å². The van der Waals surface area contributed by atoms with Gasteiger partial charge in [-0.3, -0.25) is 4.79 Å². The third-order valence-corrected chi connectivity index (χ3v) is 9.97. The number of anilines is 3. The fourth-order valence-corrected chi connectivity index (χ4v) is 7.18. The van der Waals surface area contributed by atoms with Crippen LogP contribution in [0.3, 0.4) is 0 Å². The number of hydrogen-bond donors (Lipinski definition) is 2. The minimum absolute atomic E-state index is 0.0285. The monoisotopic (exact) mass is 640 g/mol. The number of ether oxygens (including phenoxy) is 2. The molecule has 0 radical (unpaired) electrons. The summed E-state index contributed by atoms with van der Waals surface area (Å²) in [6.07, 6.45) is 5.90. The molecule has 4 aliphatic rings. The fourth-order valence-electron chi connectivity index (χ4n) is 7.18. The van der Waals surface area contributed by atoms with E-state index in [0.29, 0.717) is 67.3 Å². The average molecular weight is 641 g/mol. The van der Waals surface area contributed by atoms with Crippen LogP contribution < -0.4 is 15.5 Å². The van der Waals surface area contributed by atoms with Crippen LogP contribution >= 0.6 is 0 Å². The molecule has 2 unspecified atom stereocenters. The van der Waals surface area contributed by atoms with Gasteiger partial charge in [0, 0.05) is 60.8 Å². The number of urea groups is 1. The van der Waals surface area contributed by atoms with Crippen LogP contribution in [0.1, 0.15) is 60.6 Å². The van der Waals surface area contributed by atoms with Crippen molar-refractivity contribution in [2.24, 2.45) is 0 Å². The van der Waals surface area contributed by atoms with Gasteiger partial charge in [-0.15, -0.1) is 0 Å². The van der Waals surface area contributed by atoms with Gasteiger partial charge in [-0.2, -0.15) is 9.97 Å². The molecule has 0 spiro atoms. The van der Waals surface area contributed by atoms with Crippen LogP contribution in [0.2, 0.25) is 0 Å². The highest BCUT2D eigenvalue weighted by molar-refractivity contribution is 6.00. The minimum atomic E-state index is -0.366. The van der Waals surface area contributed by atoms with Crippen molar-refractivity contribution in [1.29, 1.82) is 0 Å². The van der Waals surface area contributed by atoms with E-state index >= 15 is 0 Å². The van der Waals surface area contributed by atoms with Crippen LogP contribution in [0.15, 0.2) is 48.5 Å². The number of rotatable bonds is 7. The van der Waals surface area contributed by atoms with E-state index in [1.807, 2.05) is 29.2 Å². The van der Waals surface area contributed by atoms with Gasteiger partial charge in [0.15, 0.2) is 5.82 Å². The predicted octanol–water partition coefficient (Wildman–Crippen LogP) is 4.61. The third-order valence-electron chi connectivity index (χ3n) is 9.97. The summed E-state index contributed by atoms with van der Waals surface area (Å²) in [7, 11) is 4.18. The molecule has 5 heterocycles. The standard InChI is InChI=1S/C35H44N8O4/c1-41(2)28-13-17-42(18-14-28)33(44)25-5-9-27(10-6-25)37-35(45)36-26-7-3-23(4-8-26)31-38-32(24-15-19-46-20-16-24)40-34(39-31)43-29-11-12-30(43)22-47-21-29/h3-10,24,28-30H,11-22H2,1-2H3,(H2,36,37,45). The van der Waals surface area contributed by atoms with E-state index in [0.717, 1.165) is 69.0 Å². The van der Waals surface area contributed by atoms with Crippen molar-refractivity contribution in [2.45, 2.75) is 62.6 Å². The zero-order valence-corrected chi connectivity index (χ0v) is 27.2. The molecule has 0 aliphatic carbocycles. The first-order valence-electron chi connectivity index (χ1n) is 16.9. The first-order valence-corrected chi connectivity index (χ1v) is 16.9. The first-order chi connectivity index (χ1) is 22.9. The summed E-state index contributed by atoms with van der Waals surface area (Å²) in [5, 5.41) is 5.76. The van der Waals surface area contributed by atoms with Gasteiger partial charge < -0.3 is 34.8 Å². The van der Waals surface area contributed by atoms with Crippen molar-refractivity contribution in [3.63, 3.8) is 0 Å². The summed E-state index contributed by atoms with van der Waals surface area (Å²) in [5.74, 6) is 2.45. The van der Waals surface area contributed by atoms with Crippen LogP contribution in [0.4, 0.5) is 22.1 Å². The number of amides is 3. The number of morpholine rings is 1. The van der Waals surface area contributed by atoms with Crippen LogP contribution in [-0.4, -0.2) is 108 Å². The molecule has 4 fully saturated rings. The van der Waals surface area contributed by atoms with Crippen LogP contribution in [-0.2, 0) is 9.47 Å². The van der Waals surface area contributed by atoms with Gasteiger partial charge in [-0.1, -0.05) is 0 Å². The van der Waals surface area contributed by atoms with Gasteiger partial charge in [0.05, 0.1) is 25.3 Å². The van der Waals surface area contributed by atoms with Crippen LogP contribution in [0.25, 0.3) is 11.4 Å². The van der Waals surface area contributed by atoms with Gasteiger partial charge in [-0.05, 0) is 101 Å². The summed E-state index contributed by atoms with van der Waals surface area (Å²) in [5.41, 5.74) is 2.74. The molecular weight excluding hydrogens is 596 g/mol. The Morgan fingerprint density at radius 3 is 2.00 bits per heavy atom. The molecule has 7 rings (SSSR count). The molecule has 12 nitrogen and oxygen atoms in total. The van der Waals surface area contributed by atoms with Gasteiger partial charge >= 0.3 is 6.03 Å². The lowest BCUT2D eigenvalue weighted by atomic mass is 9.99. The molecule has 0 saturated carbocycles. The number of carbonyl (C=O) groups is 2. The van der Waals surface area contributed by atoms with Crippen molar-refractivity contribution >= 4 is 29.3 Å². The van der Waals surface area contributed by atoms with Crippen LogP contribution in [0.5, 0.6) is 0 Å². The Kier molecular flexibility index (Phi) is 9.32. The second-order valence-electron chi connectivity index (χ2n) is 13.3. The maximum atomic E-state index is 13.0. The van der Waals surface area contributed by atoms with Gasteiger partial charge in [0.25, 0.3) is 5.91 Å². The summed E-state index contributed by atoms with van der Waals surface area (Å²) < 4.78 is 11.4. The normalized spacial score (nSPS) is 22.0. The molecule has 2 atom stereocenters. The minimum Gasteiger partial charge on any atom is -0.381 e. The molecule has 248 valence electrons. The van der Waals surface area contributed by atoms with E-state index in [4.69, 9.17) is 24.4 Å². The van der Waals surface area contributed by atoms with E-state index in [1.54, 1.807) is 24.3 Å². The molecule has 2 aromatic carbocycles. The maximum Gasteiger partial charge on any atom is 0.323 e. The molecule has 1 aromatic heterocycles. The number of nitrogens with zero attached hydrogens (tertiary/aromatic N) is 6. The first kappa shape index (κ1) is 31.5. The number of nitrogens with one attached hydrogen (secondary N) is 2. The second kappa shape index (κ2) is 13.9. The molecule has 12 heteroatoms. The lowest BCUT2D eigenvalue weighted by Gasteiger charge is -2.35. The summed E-state index contributed by atoms with van der Waals surface area (Å²) in [6, 6.07) is 15.4. The van der Waals surface area contributed by atoms with Crippen molar-refractivity contribution in [2.75, 3.05) is 69.1 Å². The smallest absolute Gasteiger partial charge is 0.323 e. The third kappa shape index (κ3) is 7.09. The van der Waals surface area contributed by atoms with Crippen LogP contribution in [0, 0.1) is 0 Å². The summed E-state index contributed by atoms with van der Waals surface area (Å²) >= 11 is 0. The topological polar surface area (TPSA) is 125 Å². The molecule has 47 heavy (non-hydrogen) atoms. The Labute approximate surface area is 275 Å². The Hall–Kier alpha value is -4.13. The molecule has 3 amide bonds. The Morgan fingerprint density at radius 1 is 0.766 bits per heavy atom. The quantitative estimate of drug-likeness (QED) is 0.381. The van der Waals surface area contributed by atoms with E-state index in [2.05, 4.69) is 34.5 Å². The highest BCUT2D eigenvalue weighted by Gasteiger charge is 2.39. The van der Waals surface area contributed by atoms with E-state index in [1.165, 1.54) is 0 Å². The second-order valence-corrected chi connectivity index (χ2v) is 13.3. The average Bonchev–Trinajstić information content (AvgIpc) is 3.36. The fraction of sp³-hybridized carbons (Fsp3) is 0.514. The lowest BCUT2D eigenvalue weighted by molar-refractivity contribution is 0.0663. The Balaban J connectivity index is 0.997. The number of piperidine rings is 1. The number of carbonyl (C=O) groups excluding carboxylic acids is 2. The van der Waals surface area contributed by atoms with Crippen molar-refractivity contribution in [3.05, 3.63) is 59.9 Å². The zero-order valence-electron chi connectivity index (χ0n) is 27.2. The Morgan fingerprint density at radius 2 is 1.38 bits per heavy atom. The predicted molar refractivity (Wildman–Crippen MR) is 180 cm³/mol. The van der Waals surface area contributed by atoms with Gasteiger partial charge in [-0.25, -0.2) is 9.78 Å². The van der Waals surface area contributed by atoms with Crippen molar-refractivity contribution in [1.82, 2.24) is 24.8 Å². The summed E-state index contributed by atoms with van der Waals surface area (Å²) in [4.78, 5) is 47.2. The highest BCUT2D eigenvalue weighted by Crippen LogP contribution is 2.34. The lowest BCUT2D eigenvalue weighted by Crippen LogP contribution is -2.47. The maximum absolute atomic E-state index is 13.0. The Bertz CT molecular complexity index is 1540. The number of aromatic nitrogens is 3. The molecule has 2 N–H and O–H groups in total. The van der Waals surface area contributed by atoms with E-state index in [9.17, 15) is 9.59 Å². The zero-order chi connectivity index (χ0) is 32.3. The van der Waals surface area contributed by atoms with Gasteiger partial charge in [0.2, 0.25) is 5.95 Å². The highest BCUT2D eigenvalue weighted by atomic mass is 16.5. The molecule has 3 aromatic rings. The number of hydrogen-bond acceptors (Lipinski definition) is 9.